The maximum atomic E-state index is 11.1. The van der Waals surface area contributed by atoms with E-state index < -0.39 is 10.9 Å². The second-order valence-corrected chi connectivity index (χ2v) is 4.59. The first-order valence-corrected chi connectivity index (χ1v) is 6.27. The van der Waals surface area contributed by atoms with Crippen LogP contribution in [-0.4, -0.2) is 40.7 Å². The summed E-state index contributed by atoms with van der Waals surface area (Å²) in [7, 11) is 0. The van der Waals surface area contributed by atoms with E-state index in [4.69, 9.17) is 9.84 Å². The van der Waals surface area contributed by atoms with Crippen molar-refractivity contribution in [2.24, 2.45) is 5.92 Å². The van der Waals surface area contributed by atoms with Crippen molar-refractivity contribution >= 4 is 17.5 Å². The van der Waals surface area contributed by atoms with Gasteiger partial charge in [0.05, 0.1) is 4.92 Å². The zero-order valence-corrected chi connectivity index (χ0v) is 10.7. The van der Waals surface area contributed by atoms with Gasteiger partial charge in [0.15, 0.2) is 0 Å². The number of nitro groups is 1. The molecule has 0 radical (unpaired) electrons. The third-order valence-corrected chi connectivity index (χ3v) is 3.21. The third-order valence-electron chi connectivity index (χ3n) is 3.21. The van der Waals surface area contributed by atoms with Crippen LogP contribution in [0, 0.1) is 16.0 Å². The molecule has 0 aliphatic carbocycles. The van der Waals surface area contributed by atoms with E-state index in [9.17, 15) is 14.9 Å². The number of ether oxygens (including phenoxy) is 1. The van der Waals surface area contributed by atoms with Crippen LogP contribution in [0.25, 0.3) is 0 Å². The molecule has 0 aromatic carbocycles. The molecule has 1 aliphatic heterocycles. The fraction of sp³-hybridized carbons (Fsp3) is 0.500. The van der Waals surface area contributed by atoms with E-state index in [1.165, 1.54) is 0 Å². The summed E-state index contributed by atoms with van der Waals surface area (Å²) in [6.45, 7) is 1.98. The predicted octanol–water partition coefficient (Wildman–Crippen LogP) is 1.53. The molecule has 8 heteroatoms. The molecule has 0 bridgehead atoms. The lowest BCUT2D eigenvalue weighted by atomic mass is 10.0. The minimum atomic E-state index is -1.24. The number of aromatic carboxylic acids is 1. The Morgan fingerprint density at radius 3 is 2.85 bits per heavy atom. The summed E-state index contributed by atoms with van der Waals surface area (Å²) in [5, 5.41) is 22.7. The summed E-state index contributed by atoms with van der Waals surface area (Å²) in [6.07, 6.45) is 2.86. The van der Waals surface area contributed by atoms with Gasteiger partial charge >= 0.3 is 5.97 Å². The number of carboxylic acids is 1. The molecule has 0 atom stereocenters. The van der Waals surface area contributed by atoms with Gasteiger partial charge in [0.25, 0.3) is 5.69 Å². The molecule has 108 valence electrons. The number of rotatable bonds is 5. The number of anilines is 1. The van der Waals surface area contributed by atoms with E-state index in [1.54, 1.807) is 0 Å². The van der Waals surface area contributed by atoms with Crippen LogP contribution in [0.3, 0.4) is 0 Å². The Kier molecular flexibility index (Phi) is 4.46. The van der Waals surface area contributed by atoms with Crippen molar-refractivity contribution in [2.75, 3.05) is 25.1 Å². The molecule has 0 amide bonds. The summed E-state index contributed by atoms with van der Waals surface area (Å²) in [4.78, 5) is 24.9. The molecule has 1 aromatic heterocycles. The van der Waals surface area contributed by atoms with Crippen molar-refractivity contribution in [3.63, 3.8) is 0 Å². The van der Waals surface area contributed by atoms with Crippen LogP contribution in [0.1, 0.15) is 23.2 Å². The molecule has 0 unspecified atom stereocenters. The monoisotopic (exact) mass is 281 g/mol. The smallest absolute Gasteiger partial charge is 0.339 e. The fourth-order valence-corrected chi connectivity index (χ4v) is 2.05. The number of pyridine rings is 1. The Bertz CT molecular complexity index is 514. The Morgan fingerprint density at radius 1 is 1.55 bits per heavy atom. The van der Waals surface area contributed by atoms with E-state index in [-0.39, 0.29) is 17.1 Å². The number of carboxylic acid groups (broad SMARTS) is 1. The van der Waals surface area contributed by atoms with Crippen molar-refractivity contribution in [2.45, 2.75) is 12.8 Å². The Morgan fingerprint density at radius 2 is 2.25 bits per heavy atom. The van der Waals surface area contributed by atoms with Crippen molar-refractivity contribution < 1.29 is 19.6 Å². The lowest BCUT2D eigenvalue weighted by Gasteiger charge is -2.22. The molecule has 2 rings (SSSR count). The molecule has 1 saturated heterocycles. The van der Waals surface area contributed by atoms with Crippen molar-refractivity contribution in [3.05, 3.63) is 27.9 Å². The highest BCUT2D eigenvalue weighted by Gasteiger charge is 2.19. The second-order valence-electron chi connectivity index (χ2n) is 4.59. The predicted molar refractivity (Wildman–Crippen MR) is 69.9 cm³/mol. The van der Waals surface area contributed by atoms with E-state index in [1.807, 2.05) is 0 Å². The minimum Gasteiger partial charge on any atom is -0.478 e. The SMILES string of the molecule is O=C(O)c1cc([N+](=O)[O-])cnc1NCC1CCOCC1. The molecule has 2 N–H and O–H groups in total. The van der Waals surface area contributed by atoms with Gasteiger partial charge in [0.2, 0.25) is 0 Å². The molecular formula is C12H15N3O5. The second kappa shape index (κ2) is 6.29. The van der Waals surface area contributed by atoms with Crippen LogP contribution in [-0.2, 0) is 4.74 Å². The van der Waals surface area contributed by atoms with Crippen LogP contribution < -0.4 is 5.32 Å². The highest BCUT2D eigenvalue weighted by Crippen LogP contribution is 2.21. The molecule has 0 spiro atoms. The Hall–Kier alpha value is -2.22. The van der Waals surface area contributed by atoms with E-state index in [0.717, 1.165) is 25.1 Å². The largest absolute Gasteiger partial charge is 0.478 e. The molecule has 2 heterocycles. The summed E-state index contributed by atoms with van der Waals surface area (Å²) >= 11 is 0. The van der Waals surface area contributed by atoms with Crippen LogP contribution in [0.4, 0.5) is 11.5 Å². The van der Waals surface area contributed by atoms with Gasteiger partial charge < -0.3 is 15.2 Å². The Labute approximate surface area is 114 Å². The highest BCUT2D eigenvalue weighted by molar-refractivity contribution is 5.93. The summed E-state index contributed by atoms with van der Waals surface area (Å²) in [5.41, 5.74) is -0.523. The van der Waals surface area contributed by atoms with Gasteiger partial charge in [-0.25, -0.2) is 9.78 Å². The summed E-state index contributed by atoms with van der Waals surface area (Å²) < 4.78 is 5.24. The topological polar surface area (TPSA) is 115 Å². The van der Waals surface area contributed by atoms with Gasteiger partial charge in [-0.3, -0.25) is 10.1 Å². The maximum Gasteiger partial charge on any atom is 0.339 e. The molecule has 8 nitrogen and oxygen atoms in total. The summed E-state index contributed by atoms with van der Waals surface area (Å²) in [5.74, 6) is -0.687. The standard InChI is InChI=1S/C12H15N3O5/c16-12(17)10-5-9(15(18)19)7-14-11(10)13-6-8-1-3-20-4-2-8/h5,7-8H,1-4,6H2,(H,13,14)(H,16,17). The zero-order chi connectivity index (χ0) is 14.5. The van der Waals surface area contributed by atoms with Gasteiger partial charge in [-0.2, -0.15) is 0 Å². The number of hydrogen-bond acceptors (Lipinski definition) is 6. The quantitative estimate of drug-likeness (QED) is 0.621. The average Bonchev–Trinajstić information content (AvgIpc) is 2.45. The molecule has 1 fully saturated rings. The number of carbonyl (C=O) groups is 1. The normalized spacial score (nSPS) is 15.8. The lowest BCUT2D eigenvalue weighted by Crippen LogP contribution is -2.23. The van der Waals surface area contributed by atoms with Gasteiger partial charge in [-0.1, -0.05) is 0 Å². The van der Waals surface area contributed by atoms with Gasteiger partial charge in [-0.15, -0.1) is 0 Å². The number of nitrogens with zero attached hydrogens (tertiary/aromatic N) is 2. The Balaban J connectivity index is 2.09. The van der Waals surface area contributed by atoms with E-state index in [2.05, 4.69) is 10.3 Å². The van der Waals surface area contributed by atoms with Crippen molar-refractivity contribution in [1.29, 1.82) is 0 Å². The van der Waals surface area contributed by atoms with E-state index >= 15 is 0 Å². The third kappa shape index (κ3) is 3.41. The first kappa shape index (κ1) is 14.2. The minimum absolute atomic E-state index is 0.162. The molecular weight excluding hydrogens is 266 g/mol. The number of nitrogens with one attached hydrogen (secondary N) is 1. The molecule has 1 aliphatic rings. The van der Waals surface area contributed by atoms with E-state index in [0.29, 0.717) is 25.7 Å². The van der Waals surface area contributed by atoms with Gasteiger partial charge in [0, 0.05) is 25.8 Å². The zero-order valence-electron chi connectivity index (χ0n) is 10.7. The van der Waals surface area contributed by atoms with Gasteiger partial charge in [0.1, 0.15) is 17.6 Å². The van der Waals surface area contributed by atoms with Crippen LogP contribution in [0.2, 0.25) is 0 Å². The molecule has 1 aromatic rings. The van der Waals surface area contributed by atoms with Crippen LogP contribution in [0.5, 0.6) is 0 Å². The number of aromatic nitrogens is 1. The van der Waals surface area contributed by atoms with Crippen LogP contribution in [0.15, 0.2) is 12.3 Å². The van der Waals surface area contributed by atoms with Gasteiger partial charge in [-0.05, 0) is 18.8 Å². The summed E-state index contributed by atoms with van der Waals surface area (Å²) in [6, 6.07) is 1.02. The van der Waals surface area contributed by atoms with Crippen LogP contribution >= 0.6 is 0 Å². The molecule has 0 saturated carbocycles. The lowest BCUT2D eigenvalue weighted by molar-refractivity contribution is -0.385. The average molecular weight is 281 g/mol. The highest BCUT2D eigenvalue weighted by atomic mass is 16.6. The van der Waals surface area contributed by atoms with Crippen molar-refractivity contribution in [1.82, 2.24) is 4.98 Å². The maximum absolute atomic E-state index is 11.1. The molecule has 20 heavy (non-hydrogen) atoms. The van der Waals surface area contributed by atoms with Crippen molar-refractivity contribution in [3.8, 4) is 0 Å². The first-order chi connectivity index (χ1) is 9.58. The number of hydrogen-bond donors (Lipinski definition) is 2. The fourth-order valence-electron chi connectivity index (χ4n) is 2.05. The first-order valence-electron chi connectivity index (χ1n) is 6.27.